The quantitative estimate of drug-likeness (QED) is 0.734. The number of ether oxygens (including phenoxy) is 1. The highest BCUT2D eigenvalue weighted by molar-refractivity contribution is 5.21. The zero-order chi connectivity index (χ0) is 10.3. The summed E-state index contributed by atoms with van der Waals surface area (Å²) in [5.74, 6) is 1.41. The fraction of sp³-hybridized carbons (Fsp3) is 1.00. The van der Waals surface area contributed by atoms with E-state index in [0.717, 1.165) is 25.4 Å². The zero-order valence-corrected chi connectivity index (χ0v) is 9.49. The van der Waals surface area contributed by atoms with E-state index in [4.69, 9.17) is 4.74 Å². The second kappa shape index (κ2) is 3.49. The Bertz CT molecular complexity index is 216. The molecule has 2 fully saturated rings. The monoisotopic (exact) mass is 198 g/mol. The van der Waals surface area contributed by atoms with Crippen LogP contribution in [0.15, 0.2) is 0 Å². The van der Waals surface area contributed by atoms with E-state index in [1.54, 1.807) is 0 Å². The van der Waals surface area contributed by atoms with Gasteiger partial charge in [-0.1, -0.05) is 20.3 Å². The molecule has 2 saturated carbocycles. The van der Waals surface area contributed by atoms with Crippen molar-refractivity contribution < 1.29 is 9.84 Å². The molecule has 2 aliphatic carbocycles. The molecule has 2 aliphatic rings. The lowest BCUT2D eigenvalue weighted by atomic mass is 9.95. The molecule has 14 heavy (non-hydrogen) atoms. The van der Waals surface area contributed by atoms with Gasteiger partial charge in [0.05, 0.1) is 12.2 Å². The first-order chi connectivity index (χ1) is 6.66. The average Bonchev–Trinajstić information content (AvgIpc) is 2.60. The maximum Gasteiger partial charge on any atom is 0.0615 e. The Balaban J connectivity index is 1.89. The summed E-state index contributed by atoms with van der Waals surface area (Å²) in [4.78, 5) is 0. The Hall–Kier alpha value is -0.0800. The maximum atomic E-state index is 10.1. The standard InChI is InChI=1S/C12H22O2/c1-4-6-10(13)12(3)8-7-9(11(8)12)14-5-2/h8-11,13H,4-7H2,1-3H3. The largest absolute Gasteiger partial charge is 0.393 e. The van der Waals surface area contributed by atoms with Crippen LogP contribution in [0, 0.1) is 17.3 Å². The van der Waals surface area contributed by atoms with Crippen LogP contribution in [-0.4, -0.2) is 23.9 Å². The Kier molecular flexibility index (Phi) is 2.61. The van der Waals surface area contributed by atoms with Crippen molar-refractivity contribution in [3.63, 3.8) is 0 Å². The van der Waals surface area contributed by atoms with Crippen molar-refractivity contribution in [3.8, 4) is 0 Å². The van der Waals surface area contributed by atoms with Gasteiger partial charge in [0.1, 0.15) is 0 Å². The highest BCUT2D eigenvalue weighted by Crippen LogP contribution is 2.73. The van der Waals surface area contributed by atoms with Crippen LogP contribution in [0.1, 0.15) is 40.0 Å². The molecule has 0 saturated heterocycles. The summed E-state index contributed by atoms with van der Waals surface area (Å²) in [7, 11) is 0. The van der Waals surface area contributed by atoms with Gasteiger partial charge in [-0.3, -0.25) is 0 Å². The molecule has 0 radical (unpaired) electrons. The van der Waals surface area contributed by atoms with Gasteiger partial charge in [-0.25, -0.2) is 0 Å². The SMILES string of the molecule is CCCC(O)C1(C)C2CC(OCC)C21. The van der Waals surface area contributed by atoms with Crippen molar-refractivity contribution in [3.05, 3.63) is 0 Å². The molecule has 5 unspecified atom stereocenters. The van der Waals surface area contributed by atoms with Crippen LogP contribution in [-0.2, 0) is 4.74 Å². The number of hydrogen-bond acceptors (Lipinski definition) is 2. The van der Waals surface area contributed by atoms with E-state index in [-0.39, 0.29) is 11.5 Å². The normalized spacial score (nSPS) is 46.7. The van der Waals surface area contributed by atoms with Crippen molar-refractivity contribution in [1.29, 1.82) is 0 Å². The lowest BCUT2D eigenvalue weighted by Crippen LogP contribution is -2.26. The molecule has 0 spiro atoms. The topological polar surface area (TPSA) is 29.5 Å². The molecule has 0 aromatic heterocycles. The van der Waals surface area contributed by atoms with Gasteiger partial charge in [0.25, 0.3) is 0 Å². The van der Waals surface area contributed by atoms with Gasteiger partial charge < -0.3 is 9.84 Å². The van der Waals surface area contributed by atoms with Gasteiger partial charge in [-0.2, -0.15) is 0 Å². The first kappa shape index (κ1) is 10.4. The van der Waals surface area contributed by atoms with Gasteiger partial charge in [0, 0.05) is 12.0 Å². The summed E-state index contributed by atoms with van der Waals surface area (Å²) < 4.78 is 5.64. The maximum absolute atomic E-state index is 10.1. The van der Waals surface area contributed by atoms with Gasteiger partial charge >= 0.3 is 0 Å². The van der Waals surface area contributed by atoms with Crippen LogP contribution in [0.2, 0.25) is 0 Å². The third-order valence-corrected chi connectivity index (χ3v) is 4.39. The molecule has 82 valence electrons. The number of aliphatic hydroxyl groups excluding tert-OH is 1. The molecule has 0 aliphatic heterocycles. The molecule has 2 rings (SSSR count). The number of fused-ring (bicyclic) bond motifs is 1. The van der Waals surface area contributed by atoms with Crippen molar-refractivity contribution in [2.24, 2.45) is 17.3 Å². The highest BCUT2D eigenvalue weighted by atomic mass is 16.5. The van der Waals surface area contributed by atoms with Crippen molar-refractivity contribution in [1.82, 2.24) is 0 Å². The molecule has 5 atom stereocenters. The van der Waals surface area contributed by atoms with Crippen LogP contribution in [0.5, 0.6) is 0 Å². The van der Waals surface area contributed by atoms with Gasteiger partial charge in [-0.05, 0) is 31.6 Å². The van der Waals surface area contributed by atoms with E-state index < -0.39 is 0 Å². The van der Waals surface area contributed by atoms with E-state index in [2.05, 4.69) is 20.8 Å². The molecule has 0 amide bonds. The predicted molar refractivity (Wildman–Crippen MR) is 56.0 cm³/mol. The first-order valence-electron chi connectivity index (χ1n) is 5.95. The van der Waals surface area contributed by atoms with E-state index in [9.17, 15) is 5.11 Å². The lowest BCUT2D eigenvalue weighted by molar-refractivity contribution is -0.00528. The first-order valence-corrected chi connectivity index (χ1v) is 5.95. The molecule has 0 bridgehead atoms. The van der Waals surface area contributed by atoms with Crippen LogP contribution in [0.25, 0.3) is 0 Å². The summed E-state index contributed by atoms with van der Waals surface area (Å²) in [6.07, 6.45) is 3.54. The number of rotatable bonds is 5. The van der Waals surface area contributed by atoms with Crippen LogP contribution >= 0.6 is 0 Å². The molecule has 0 aromatic carbocycles. The molecule has 0 aromatic rings. The van der Waals surface area contributed by atoms with Crippen LogP contribution in [0.4, 0.5) is 0 Å². The Morgan fingerprint density at radius 2 is 2.21 bits per heavy atom. The van der Waals surface area contributed by atoms with Gasteiger partial charge in [0.2, 0.25) is 0 Å². The fourth-order valence-corrected chi connectivity index (χ4v) is 3.36. The second-order valence-electron chi connectivity index (χ2n) is 5.03. The molecular formula is C12H22O2. The third-order valence-electron chi connectivity index (χ3n) is 4.39. The lowest BCUT2D eigenvalue weighted by Gasteiger charge is -2.24. The summed E-state index contributed by atoms with van der Waals surface area (Å²) in [6, 6.07) is 0. The van der Waals surface area contributed by atoms with Gasteiger partial charge in [0.15, 0.2) is 0 Å². The molecule has 2 nitrogen and oxygen atoms in total. The molecule has 1 N–H and O–H groups in total. The van der Waals surface area contributed by atoms with E-state index >= 15 is 0 Å². The van der Waals surface area contributed by atoms with Crippen LogP contribution in [0.3, 0.4) is 0 Å². The summed E-state index contributed by atoms with van der Waals surface area (Å²) >= 11 is 0. The Morgan fingerprint density at radius 3 is 2.79 bits per heavy atom. The molecule has 0 heterocycles. The highest BCUT2D eigenvalue weighted by Gasteiger charge is 2.74. The minimum atomic E-state index is -0.104. The number of aliphatic hydroxyl groups is 1. The molecular weight excluding hydrogens is 176 g/mol. The van der Waals surface area contributed by atoms with Crippen molar-refractivity contribution in [2.75, 3.05) is 6.61 Å². The Labute approximate surface area is 86.6 Å². The Morgan fingerprint density at radius 1 is 1.50 bits per heavy atom. The second-order valence-corrected chi connectivity index (χ2v) is 5.03. The summed E-state index contributed by atoms with van der Waals surface area (Å²) in [5.41, 5.74) is 0.190. The average molecular weight is 198 g/mol. The van der Waals surface area contributed by atoms with Gasteiger partial charge in [-0.15, -0.1) is 0 Å². The summed E-state index contributed by atoms with van der Waals surface area (Å²) in [6.45, 7) is 7.24. The van der Waals surface area contributed by atoms with Crippen molar-refractivity contribution in [2.45, 2.75) is 52.2 Å². The van der Waals surface area contributed by atoms with Crippen molar-refractivity contribution >= 4 is 0 Å². The van der Waals surface area contributed by atoms with E-state index in [0.29, 0.717) is 12.0 Å². The van der Waals surface area contributed by atoms with E-state index in [1.807, 2.05) is 0 Å². The number of hydrogen-bond donors (Lipinski definition) is 1. The minimum absolute atomic E-state index is 0.104. The minimum Gasteiger partial charge on any atom is -0.393 e. The summed E-state index contributed by atoms with van der Waals surface area (Å²) in [5, 5.41) is 10.1. The molecule has 2 heteroatoms. The third kappa shape index (κ3) is 1.24. The van der Waals surface area contributed by atoms with Crippen LogP contribution < -0.4 is 0 Å². The predicted octanol–water partition coefficient (Wildman–Crippen LogP) is 2.21. The smallest absolute Gasteiger partial charge is 0.0615 e. The fourth-order valence-electron chi connectivity index (χ4n) is 3.36. The zero-order valence-electron chi connectivity index (χ0n) is 9.49. The van der Waals surface area contributed by atoms with E-state index in [1.165, 1.54) is 6.42 Å².